The molecule has 0 aliphatic carbocycles. The average Bonchev–Trinajstić information content (AvgIpc) is 1.88. The van der Waals surface area contributed by atoms with Gasteiger partial charge in [-0.05, 0) is 0 Å². The van der Waals surface area contributed by atoms with Crippen molar-refractivity contribution in [1.82, 2.24) is 10.6 Å². The molecule has 5 nitrogen and oxygen atoms in total. The molecule has 0 aromatic carbocycles. The predicted octanol–water partition coefficient (Wildman–Crippen LogP) is -0.523. The summed E-state index contributed by atoms with van der Waals surface area (Å²) in [5.74, 6) is 0.318. The molecule has 50 valence electrons. The molecule has 0 saturated carbocycles. The van der Waals surface area contributed by atoms with E-state index in [4.69, 9.17) is 5.21 Å². The van der Waals surface area contributed by atoms with Crippen molar-refractivity contribution in [2.45, 2.75) is 6.42 Å². The van der Waals surface area contributed by atoms with E-state index in [2.05, 4.69) is 15.8 Å². The van der Waals surface area contributed by atoms with Crippen LogP contribution < -0.4 is 10.6 Å². The van der Waals surface area contributed by atoms with Gasteiger partial charge in [0, 0.05) is 13.0 Å². The van der Waals surface area contributed by atoms with Crippen molar-refractivity contribution in [3.63, 3.8) is 0 Å². The summed E-state index contributed by atoms with van der Waals surface area (Å²) in [4.78, 5) is 10.4. The highest BCUT2D eigenvalue weighted by atomic mass is 16.4. The van der Waals surface area contributed by atoms with Crippen molar-refractivity contribution >= 4 is 11.9 Å². The van der Waals surface area contributed by atoms with Crippen molar-refractivity contribution in [1.29, 1.82) is 0 Å². The Kier molecular flexibility index (Phi) is 1.53. The first-order chi connectivity index (χ1) is 4.33. The van der Waals surface area contributed by atoms with Gasteiger partial charge in [0.05, 0.1) is 0 Å². The van der Waals surface area contributed by atoms with E-state index in [1.165, 1.54) is 0 Å². The molecule has 0 radical (unpaired) electrons. The summed E-state index contributed by atoms with van der Waals surface area (Å²) in [6.07, 6.45) is 0.558. The maximum absolute atomic E-state index is 10.4. The van der Waals surface area contributed by atoms with Gasteiger partial charge < -0.3 is 10.5 Å². The Bertz CT molecular complexity index is 154. The van der Waals surface area contributed by atoms with Gasteiger partial charge in [0.1, 0.15) is 0 Å². The highest BCUT2D eigenvalue weighted by Gasteiger charge is 2.11. The molecule has 0 unspecified atom stereocenters. The first-order valence-electron chi connectivity index (χ1n) is 2.58. The van der Waals surface area contributed by atoms with Gasteiger partial charge in [-0.1, -0.05) is 5.16 Å². The highest BCUT2D eigenvalue weighted by Crippen LogP contribution is 1.86. The van der Waals surface area contributed by atoms with Crippen LogP contribution in [-0.4, -0.2) is 23.6 Å². The number of hydrogen-bond acceptors (Lipinski definition) is 3. The number of nitrogens with zero attached hydrogens (tertiary/aromatic N) is 1. The maximum Gasteiger partial charge on any atom is 0.320 e. The van der Waals surface area contributed by atoms with Crippen LogP contribution in [0, 0.1) is 0 Å². The Hall–Kier alpha value is -1.26. The molecular formula is C4H7N3O2. The molecule has 0 bridgehead atoms. The maximum atomic E-state index is 10.4. The lowest BCUT2D eigenvalue weighted by Crippen LogP contribution is -2.46. The molecule has 1 fully saturated rings. The molecule has 1 aliphatic heterocycles. The van der Waals surface area contributed by atoms with Crippen molar-refractivity contribution in [3.05, 3.63) is 0 Å². The zero-order valence-electron chi connectivity index (χ0n) is 4.72. The van der Waals surface area contributed by atoms with Gasteiger partial charge in [-0.25, -0.2) is 4.79 Å². The normalized spacial score (nSPS) is 23.1. The van der Waals surface area contributed by atoms with Gasteiger partial charge in [0.25, 0.3) is 0 Å². The fourth-order valence-electron chi connectivity index (χ4n) is 0.607. The Balaban J connectivity index is 2.51. The third-order valence-electron chi connectivity index (χ3n) is 1.03. The fourth-order valence-corrected chi connectivity index (χ4v) is 0.607. The molecule has 1 aliphatic rings. The molecule has 1 rings (SSSR count). The van der Waals surface area contributed by atoms with Crippen molar-refractivity contribution in [3.8, 4) is 0 Å². The second-order valence-electron chi connectivity index (χ2n) is 1.68. The molecule has 1 saturated heterocycles. The molecule has 3 N–H and O–H groups in total. The topological polar surface area (TPSA) is 73.7 Å². The number of hydrogen-bond donors (Lipinski definition) is 3. The molecule has 0 aromatic rings. The number of carbonyl (C=O) groups is 1. The van der Waals surface area contributed by atoms with Crippen LogP contribution in [0.25, 0.3) is 0 Å². The molecule has 9 heavy (non-hydrogen) atoms. The number of amidine groups is 1. The molecular weight excluding hydrogens is 122 g/mol. The van der Waals surface area contributed by atoms with Crippen molar-refractivity contribution in [2.75, 3.05) is 6.54 Å². The third-order valence-corrected chi connectivity index (χ3v) is 1.03. The molecule has 0 aromatic heterocycles. The summed E-state index contributed by atoms with van der Waals surface area (Å²) in [7, 11) is 0. The first kappa shape index (κ1) is 5.87. The van der Waals surface area contributed by atoms with Crippen molar-refractivity contribution in [2.24, 2.45) is 5.16 Å². The van der Waals surface area contributed by atoms with Crippen LogP contribution in [0.15, 0.2) is 5.16 Å². The second-order valence-corrected chi connectivity index (χ2v) is 1.68. The summed E-state index contributed by atoms with van der Waals surface area (Å²) in [5.41, 5.74) is 0. The van der Waals surface area contributed by atoms with Gasteiger partial charge in [0.2, 0.25) is 0 Å². The fraction of sp³-hybridized carbons (Fsp3) is 0.500. The first-order valence-corrected chi connectivity index (χ1v) is 2.58. The summed E-state index contributed by atoms with van der Waals surface area (Å²) in [6, 6.07) is -0.311. The van der Waals surface area contributed by atoms with E-state index in [0.29, 0.717) is 18.8 Å². The van der Waals surface area contributed by atoms with E-state index in [1.807, 2.05) is 0 Å². The lowest BCUT2D eigenvalue weighted by molar-refractivity contribution is 0.242. The van der Waals surface area contributed by atoms with E-state index in [0.717, 1.165) is 0 Å². The zero-order valence-corrected chi connectivity index (χ0v) is 4.72. The van der Waals surface area contributed by atoms with Gasteiger partial charge in [0.15, 0.2) is 5.84 Å². The highest BCUT2D eigenvalue weighted by molar-refractivity contribution is 5.99. The monoisotopic (exact) mass is 129 g/mol. The summed E-state index contributed by atoms with van der Waals surface area (Å²) >= 11 is 0. The Labute approximate surface area is 51.7 Å². The smallest absolute Gasteiger partial charge is 0.320 e. The van der Waals surface area contributed by atoms with Gasteiger partial charge in [-0.15, -0.1) is 0 Å². The second kappa shape index (κ2) is 2.34. The number of oxime groups is 1. The van der Waals surface area contributed by atoms with E-state index in [-0.39, 0.29) is 6.03 Å². The van der Waals surface area contributed by atoms with Crippen LogP contribution in [0.4, 0.5) is 4.79 Å². The molecule has 2 amide bonds. The van der Waals surface area contributed by atoms with E-state index in [9.17, 15) is 4.79 Å². The van der Waals surface area contributed by atoms with E-state index < -0.39 is 0 Å². The van der Waals surface area contributed by atoms with E-state index >= 15 is 0 Å². The molecule has 5 heteroatoms. The minimum atomic E-state index is -0.311. The minimum absolute atomic E-state index is 0.311. The van der Waals surface area contributed by atoms with Crippen molar-refractivity contribution < 1.29 is 10.0 Å². The number of rotatable bonds is 0. The summed E-state index contributed by atoms with van der Waals surface area (Å²) < 4.78 is 0. The van der Waals surface area contributed by atoms with Crippen LogP contribution in [0.3, 0.4) is 0 Å². The van der Waals surface area contributed by atoms with Crippen LogP contribution in [-0.2, 0) is 0 Å². The number of nitrogens with one attached hydrogen (secondary N) is 2. The zero-order chi connectivity index (χ0) is 6.69. The Morgan fingerprint density at radius 3 is 2.89 bits per heavy atom. The summed E-state index contributed by atoms with van der Waals surface area (Å²) in [5, 5.41) is 15.8. The average molecular weight is 129 g/mol. The minimum Gasteiger partial charge on any atom is -0.409 e. The van der Waals surface area contributed by atoms with Gasteiger partial charge in [-0.3, -0.25) is 5.32 Å². The standard InChI is InChI=1S/C4H7N3O2/c8-4-5-2-1-3(6-4)7-9/h9H,1-2H2,(H2,5,6,7,8). The van der Waals surface area contributed by atoms with E-state index in [1.54, 1.807) is 0 Å². The number of amides is 2. The molecule has 0 atom stereocenters. The van der Waals surface area contributed by atoms with Crippen LogP contribution in [0.5, 0.6) is 0 Å². The van der Waals surface area contributed by atoms with Crippen LogP contribution in [0.1, 0.15) is 6.42 Å². The Morgan fingerprint density at radius 2 is 2.44 bits per heavy atom. The Morgan fingerprint density at radius 1 is 1.67 bits per heavy atom. The quantitative estimate of drug-likeness (QED) is 0.304. The van der Waals surface area contributed by atoms with Gasteiger partial charge >= 0.3 is 6.03 Å². The van der Waals surface area contributed by atoms with Crippen LogP contribution in [0.2, 0.25) is 0 Å². The summed E-state index contributed by atoms with van der Waals surface area (Å²) in [6.45, 7) is 0.533. The lowest BCUT2D eigenvalue weighted by Gasteiger charge is -2.13. The number of urea groups is 1. The molecule has 0 spiro atoms. The third kappa shape index (κ3) is 1.31. The van der Waals surface area contributed by atoms with Crippen LogP contribution >= 0.6 is 0 Å². The lowest BCUT2D eigenvalue weighted by atomic mass is 10.3. The number of carbonyl (C=O) groups excluding carboxylic acids is 1. The SMILES string of the molecule is O=C1NCC/C(=N\O)N1. The van der Waals surface area contributed by atoms with Gasteiger partial charge in [-0.2, -0.15) is 0 Å². The molecule has 1 heterocycles. The largest absolute Gasteiger partial charge is 0.409 e. The predicted molar refractivity (Wildman–Crippen MR) is 30.4 cm³/mol.